The van der Waals surface area contributed by atoms with Crippen LogP contribution in [0.5, 0.6) is 5.75 Å². The van der Waals surface area contributed by atoms with Gasteiger partial charge in [0.05, 0.1) is 19.6 Å². The first kappa shape index (κ1) is 15.5. The highest BCUT2D eigenvalue weighted by atomic mass is 16.5. The predicted molar refractivity (Wildman–Crippen MR) is 72.5 cm³/mol. The number of aliphatic hydroxyl groups excluding tert-OH is 1. The molecule has 5 nitrogen and oxygen atoms in total. The summed E-state index contributed by atoms with van der Waals surface area (Å²) in [5.41, 5.74) is 2.51. The van der Waals surface area contributed by atoms with Gasteiger partial charge in [-0.15, -0.1) is 0 Å². The second-order valence-corrected chi connectivity index (χ2v) is 4.62. The topological polar surface area (TPSA) is 78.8 Å². The van der Waals surface area contributed by atoms with Crippen molar-refractivity contribution in [2.45, 2.75) is 32.4 Å². The summed E-state index contributed by atoms with van der Waals surface area (Å²) in [5, 5.41) is 22.0. The zero-order valence-electron chi connectivity index (χ0n) is 11.7. The minimum absolute atomic E-state index is 0.137. The molecule has 0 amide bonds. The molecular weight excluding hydrogens is 246 g/mol. The third-order valence-electron chi connectivity index (χ3n) is 3.25. The molecule has 5 heteroatoms. The fraction of sp³-hybridized carbons (Fsp3) is 0.500. The van der Waals surface area contributed by atoms with E-state index in [2.05, 4.69) is 5.32 Å². The van der Waals surface area contributed by atoms with Gasteiger partial charge in [-0.25, -0.2) is 0 Å². The third kappa shape index (κ3) is 3.68. The second-order valence-electron chi connectivity index (χ2n) is 4.62. The van der Waals surface area contributed by atoms with Crippen molar-refractivity contribution < 1.29 is 19.7 Å². The average Bonchev–Trinajstić information content (AvgIpc) is 2.37. The molecular formula is C14H21NO4. The minimum Gasteiger partial charge on any atom is -0.496 e. The molecule has 0 aliphatic carbocycles. The maximum absolute atomic E-state index is 10.8. The molecule has 0 aromatic heterocycles. The van der Waals surface area contributed by atoms with Gasteiger partial charge in [0.1, 0.15) is 5.75 Å². The summed E-state index contributed by atoms with van der Waals surface area (Å²) in [7, 11) is 3.24. The molecule has 0 bridgehead atoms. The Kier molecular flexibility index (Phi) is 5.32. The van der Waals surface area contributed by atoms with Crippen molar-refractivity contribution in [1.82, 2.24) is 5.32 Å². The average molecular weight is 267 g/mol. The molecule has 0 saturated heterocycles. The highest BCUT2D eigenvalue weighted by Crippen LogP contribution is 2.28. The maximum atomic E-state index is 10.8. The first-order valence-corrected chi connectivity index (χ1v) is 6.13. The van der Waals surface area contributed by atoms with E-state index in [0.717, 1.165) is 22.4 Å². The van der Waals surface area contributed by atoms with E-state index in [9.17, 15) is 9.90 Å². The maximum Gasteiger partial charge on any atom is 0.305 e. The van der Waals surface area contributed by atoms with E-state index in [0.29, 0.717) is 0 Å². The molecule has 0 heterocycles. The molecule has 1 aromatic rings. The third-order valence-corrected chi connectivity index (χ3v) is 3.25. The van der Waals surface area contributed by atoms with E-state index < -0.39 is 18.1 Å². The number of hydrogen-bond acceptors (Lipinski definition) is 4. The van der Waals surface area contributed by atoms with Gasteiger partial charge in [0.15, 0.2) is 0 Å². The first-order chi connectivity index (χ1) is 8.90. The Bertz CT molecular complexity index is 459. The van der Waals surface area contributed by atoms with Gasteiger partial charge in [-0.2, -0.15) is 0 Å². The lowest BCUT2D eigenvalue weighted by atomic mass is 9.94. The normalized spacial score (nSPS) is 13.9. The molecule has 0 spiro atoms. The molecule has 0 aliphatic rings. The Labute approximate surface area is 113 Å². The van der Waals surface area contributed by atoms with E-state index in [1.807, 2.05) is 26.0 Å². The van der Waals surface area contributed by atoms with Crippen molar-refractivity contribution >= 4 is 5.97 Å². The number of benzene rings is 1. The molecule has 2 unspecified atom stereocenters. The molecule has 0 fully saturated rings. The number of carboxylic acid groups (broad SMARTS) is 1. The number of carboxylic acids is 1. The molecule has 1 aromatic carbocycles. The fourth-order valence-electron chi connectivity index (χ4n) is 2.13. The number of aliphatic carboxylic acids is 1. The van der Waals surface area contributed by atoms with Gasteiger partial charge in [-0.1, -0.05) is 0 Å². The van der Waals surface area contributed by atoms with E-state index >= 15 is 0 Å². The van der Waals surface area contributed by atoms with Gasteiger partial charge >= 0.3 is 5.97 Å². The van der Waals surface area contributed by atoms with Crippen molar-refractivity contribution in [2.75, 3.05) is 14.2 Å². The summed E-state index contributed by atoms with van der Waals surface area (Å²) in [6.07, 6.45) is -1.01. The fourth-order valence-corrected chi connectivity index (χ4v) is 2.13. The summed E-state index contributed by atoms with van der Waals surface area (Å²) in [6.45, 7) is 3.76. The number of likely N-dealkylation sites (N-methyl/N-ethyl adjacent to an activating group) is 1. The lowest BCUT2D eigenvalue weighted by Gasteiger charge is -2.23. The number of hydrogen-bond donors (Lipinski definition) is 3. The van der Waals surface area contributed by atoms with Crippen molar-refractivity contribution in [2.24, 2.45) is 0 Å². The molecule has 0 aliphatic heterocycles. The summed E-state index contributed by atoms with van der Waals surface area (Å²) in [4.78, 5) is 10.8. The van der Waals surface area contributed by atoms with Crippen molar-refractivity contribution in [1.29, 1.82) is 0 Å². The van der Waals surface area contributed by atoms with Gasteiger partial charge in [0.25, 0.3) is 0 Å². The number of aliphatic hydroxyl groups is 1. The lowest BCUT2D eigenvalue weighted by molar-refractivity contribution is -0.138. The molecule has 1 rings (SSSR count). The van der Waals surface area contributed by atoms with Gasteiger partial charge in [-0.05, 0) is 49.7 Å². The first-order valence-electron chi connectivity index (χ1n) is 6.13. The number of ether oxygens (including phenoxy) is 1. The number of rotatable bonds is 6. The number of aryl methyl sites for hydroxylation is 2. The van der Waals surface area contributed by atoms with Crippen molar-refractivity contribution in [3.8, 4) is 5.75 Å². The Morgan fingerprint density at radius 3 is 2.47 bits per heavy atom. The van der Waals surface area contributed by atoms with Crippen LogP contribution >= 0.6 is 0 Å². The Morgan fingerprint density at radius 2 is 2.00 bits per heavy atom. The quantitative estimate of drug-likeness (QED) is 0.726. The minimum atomic E-state index is -0.943. The van der Waals surface area contributed by atoms with Crippen LogP contribution in [0.2, 0.25) is 0 Å². The molecule has 2 atom stereocenters. The van der Waals surface area contributed by atoms with E-state index in [-0.39, 0.29) is 6.42 Å². The summed E-state index contributed by atoms with van der Waals surface area (Å²) in [6, 6.07) is 3.16. The van der Waals surface area contributed by atoms with Gasteiger partial charge in [-0.3, -0.25) is 4.79 Å². The smallest absolute Gasteiger partial charge is 0.305 e. The largest absolute Gasteiger partial charge is 0.496 e. The Balaban J connectivity index is 3.07. The van der Waals surface area contributed by atoms with Crippen LogP contribution in [0, 0.1) is 13.8 Å². The standard InChI is InChI=1S/C14H21NO4/c1-8-6-12(19-4)9(2)5-10(8)14(18)11(15-3)7-13(16)17/h5-6,11,14-15,18H,7H2,1-4H3,(H,16,17). The highest BCUT2D eigenvalue weighted by molar-refractivity contribution is 5.67. The molecule has 0 radical (unpaired) electrons. The van der Waals surface area contributed by atoms with Crippen LogP contribution in [0.15, 0.2) is 12.1 Å². The molecule has 19 heavy (non-hydrogen) atoms. The zero-order valence-corrected chi connectivity index (χ0v) is 11.7. The molecule has 3 N–H and O–H groups in total. The highest BCUT2D eigenvalue weighted by Gasteiger charge is 2.24. The van der Waals surface area contributed by atoms with Gasteiger partial charge in [0, 0.05) is 6.04 Å². The monoisotopic (exact) mass is 267 g/mol. The molecule has 0 saturated carbocycles. The zero-order chi connectivity index (χ0) is 14.6. The number of carbonyl (C=O) groups is 1. The van der Waals surface area contributed by atoms with E-state index in [4.69, 9.17) is 9.84 Å². The van der Waals surface area contributed by atoms with E-state index in [1.165, 1.54) is 0 Å². The van der Waals surface area contributed by atoms with Crippen LogP contribution in [0.1, 0.15) is 29.2 Å². The summed E-state index contributed by atoms with van der Waals surface area (Å²) >= 11 is 0. The van der Waals surface area contributed by atoms with Crippen LogP contribution in [0.3, 0.4) is 0 Å². The number of methoxy groups -OCH3 is 1. The SMILES string of the molecule is CNC(CC(=O)O)C(O)c1cc(C)c(OC)cc1C. The van der Waals surface area contributed by atoms with E-state index in [1.54, 1.807) is 14.2 Å². The van der Waals surface area contributed by atoms with Crippen LogP contribution in [-0.2, 0) is 4.79 Å². The van der Waals surface area contributed by atoms with Crippen molar-refractivity contribution in [3.05, 3.63) is 28.8 Å². The Morgan fingerprint density at radius 1 is 1.37 bits per heavy atom. The van der Waals surface area contributed by atoms with Gasteiger partial charge in [0.2, 0.25) is 0 Å². The summed E-state index contributed by atoms with van der Waals surface area (Å²) in [5.74, 6) is -0.186. The lowest BCUT2D eigenvalue weighted by Crippen LogP contribution is -2.34. The number of nitrogens with one attached hydrogen (secondary N) is 1. The van der Waals surface area contributed by atoms with Crippen LogP contribution < -0.4 is 10.1 Å². The van der Waals surface area contributed by atoms with Crippen LogP contribution in [0.25, 0.3) is 0 Å². The second kappa shape index (κ2) is 6.54. The molecule has 106 valence electrons. The van der Waals surface area contributed by atoms with Crippen molar-refractivity contribution in [3.63, 3.8) is 0 Å². The summed E-state index contributed by atoms with van der Waals surface area (Å²) < 4.78 is 5.22. The van der Waals surface area contributed by atoms with Crippen LogP contribution in [0.4, 0.5) is 0 Å². The Hall–Kier alpha value is -1.59. The predicted octanol–water partition coefficient (Wildman–Crippen LogP) is 1.41. The van der Waals surface area contributed by atoms with Gasteiger partial charge < -0.3 is 20.3 Å². The van der Waals surface area contributed by atoms with Crippen LogP contribution in [-0.4, -0.2) is 36.4 Å².